The third kappa shape index (κ3) is 2.59. The van der Waals surface area contributed by atoms with E-state index in [1.54, 1.807) is 18.7 Å². The summed E-state index contributed by atoms with van der Waals surface area (Å²) in [5, 5.41) is 6.63. The van der Waals surface area contributed by atoms with Gasteiger partial charge in [0, 0.05) is 18.7 Å². The number of hydrogen-bond donors (Lipinski definition) is 1. The number of nitrogens with one attached hydrogen (secondary N) is 1. The Morgan fingerprint density at radius 2 is 2.05 bits per heavy atom. The molecule has 0 bridgehead atoms. The van der Waals surface area contributed by atoms with Gasteiger partial charge in [-0.3, -0.25) is 9.59 Å². The van der Waals surface area contributed by atoms with E-state index in [1.165, 1.54) is 0 Å². The van der Waals surface area contributed by atoms with Crippen LogP contribution in [-0.2, 0) is 9.59 Å². The zero-order valence-electron chi connectivity index (χ0n) is 12.5. The van der Waals surface area contributed by atoms with Gasteiger partial charge in [-0.15, -0.1) is 0 Å². The highest BCUT2D eigenvalue weighted by molar-refractivity contribution is 6.03. The molecule has 2 heterocycles. The number of para-hydroxylation sites is 1. The van der Waals surface area contributed by atoms with Gasteiger partial charge in [0.2, 0.25) is 11.8 Å². The largest absolute Gasteiger partial charge is 0.359 e. The van der Waals surface area contributed by atoms with E-state index in [0.717, 1.165) is 5.69 Å². The quantitative estimate of drug-likeness (QED) is 0.943. The normalized spacial score (nSPS) is 17.8. The van der Waals surface area contributed by atoms with E-state index in [4.69, 9.17) is 4.52 Å². The Morgan fingerprint density at radius 3 is 2.68 bits per heavy atom. The summed E-state index contributed by atoms with van der Waals surface area (Å²) in [7, 11) is 0. The molecule has 3 rings (SSSR count). The number of amides is 2. The molecular formula is C16H17N3O3. The van der Waals surface area contributed by atoms with Crippen molar-refractivity contribution in [3.05, 3.63) is 41.8 Å². The Labute approximate surface area is 128 Å². The van der Waals surface area contributed by atoms with Gasteiger partial charge in [-0.2, -0.15) is 0 Å². The van der Waals surface area contributed by atoms with Crippen LogP contribution in [-0.4, -0.2) is 23.5 Å². The first-order chi connectivity index (χ1) is 10.6. The molecule has 1 N–H and O–H groups in total. The van der Waals surface area contributed by atoms with Gasteiger partial charge in [0.1, 0.15) is 11.4 Å². The molecule has 2 aromatic rings. The molecule has 0 saturated carbocycles. The minimum Gasteiger partial charge on any atom is -0.359 e. The molecule has 0 radical (unpaired) electrons. The number of hydrogen-bond acceptors (Lipinski definition) is 4. The van der Waals surface area contributed by atoms with Crippen molar-refractivity contribution in [2.75, 3.05) is 16.8 Å². The molecule has 0 spiro atoms. The first kappa shape index (κ1) is 14.3. The standard InChI is InChI=1S/C16H17N3O3/c1-10-15(11(2)22-18-10)17-16(21)12-8-14(20)19(9-12)13-6-4-3-5-7-13/h3-7,12H,8-9H2,1-2H3,(H,17,21). The fourth-order valence-electron chi connectivity index (χ4n) is 2.63. The lowest BCUT2D eigenvalue weighted by Crippen LogP contribution is -2.28. The number of benzene rings is 1. The highest BCUT2D eigenvalue weighted by Gasteiger charge is 2.35. The molecule has 1 aromatic heterocycles. The van der Waals surface area contributed by atoms with Crippen LogP contribution in [0.25, 0.3) is 0 Å². The van der Waals surface area contributed by atoms with Gasteiger partial charge in [0.25, 0.3) is 0 Å². The molecule has 1 aliphatic rings. The molecule has 6 heteroatoms. The van der Waals surface area contributed by atoms with Gasteiger partial charge < -0.3 is 14.7 Å². The van der Waals surface area contributed by atoms with Gasteiger partial charge in [-0.1, -0.05) is 23.4 Å². The maximum absolute atomic E-state index is 12.4. The minimum atomic E-state index is -0.374. The van der Waals surface area contributed by atoms with Crippen molar-refractivity contribution in [2.45, 2.75) is 20.3 Å². The van der Waals surface area contributed by atoms with Crippen molar-refractivity contribution >= 4 is 23.2 Å². The molecule has 1 fully saturated rings. The smallest absolute Gasteiger partial charge is 0.229 e. The lowest BCUT2D eigenvalue weighted by molar-refractivity contribution is -0.122. The minimum absolute atomic E-state index is 0.0369. The summed E-state index contributed by atoms with van der Waals surface area (Å²) in [6.45, 7) is 3.89. The molecule has 1 aromatic carbocycles. The van der Waals surface area contributed by atoms with E-state index in [2.05, 4.69) is 10.5 Å². The molecule has 22 heavy (non-hydrogen) atoms. The zero-order chi connectivity index (χ0) is 15.7. The highest BCUT2D eigenvalue weighted by atomic mass is 16.5. The molecule has 1 unspecified atom stereocenters. The lowest BCUT2D eigenvalue weighted by atomic mass is 10.1. The van der Waals surface area contributed by atoms with Crippen LogP contribution in [0, 0.1) is 19.8 Å². The van der Waals surface area contributed by atoms with Crippen LogP contribution in [0.4, 0.5) is 11.4 Å². The van der Waals surface area contributed by atoms with Crippen molar-refractivity contribution in [1.82, 2.24) is 5.16 Å². The predicted octanol–water partition coefficient (Wildman–Crippen LogP) is 2.28. The highest BCUT2D eigenvalue weighted by Crippen LogP contribution is 2.27. The second kappa shape index (κ2) is 5.63. The van der Waals surface area contributed by atoms with E-state index in [0.29, 0.717) is 23.7 Å². The van der Waals surface area contributed by atoms with Crippen LogP contribution in [0.2, 0.25) is 0 Å². The monoisotopic (exact) mass is 299 g/mol. The fourth-order valence-corrected chi connectivity index (χ4v) is 2.63. The second-order valence-electron chi connectivity index (χ2n) is 5.43. The van der Waals surface area contributed by atoms with E-state index in [1.807, 2.05) is 30.3 Å². The Kier molecular flexibility index (Phi) is 3.66. The molecule has 0 aliphatic carbocycles. The number of aryl methyl sites for hydroxylation is 2. The Bertz CT molecular complexity index is 689. The number of carbonyl (C=O) groups excluding carboxylic acids is 2. The number of rotatable bonds is 3. The Balaban J connectivity index is 1.72. The van der Waals surface area contributed by atoms with E-state index in [-0.39, 0.29) is 24.2 Å². The van der Waals surface area contributed by atoms with Crippen LogP contribution >= 0.6 is 0 Å². The zero-order valence-corrected chi connectivity index (χ0v) is 12.5. The third-order valence-corrected chi connectivity index (χ3v) is 3.85. The van der Waals surface area contributed by atoms with Gasteiger partial charge in [-0.25, -0.2) is 0 Å². The maximum atomic E-state index is 12.4. The number of nitrogens with zero attached hydrogens (tertiary/aromatic N) is 2. The molecule has 6 nitrogen and oxygen atoms in total. The van der Waals surface area contributed by atoms with Gasteiger partial charge in [-0.05, 0) is 26.0 Å². The average molecular weight is 299 g/mol. The van der Waals surface area contributed by atoms with Crippen molar-refractivity contribution in [2.24, 2.45) is 5.92 Å². The first-order valence-corrected chi connectivity index (χ1v) is 7.15. The van der Waals surface area contributed by atoms with Gasteiger partial charge >= 0.3 is 0 Å². The fraction of sp³-hybridized carbons (Fsp3) is 0.312. The molecule has 1 aliphatic heterocycles. The van der Waals surface area contributed by atoms with Crippen molar-refractivity contribution in [1.29, 1.82) is 0 Å². The number of aromatic nitrogens is 1. The summed E-state index contributed by atoms with van der Waals surface area (Å²) >= 11 is 0. The first-order valence-electron chi connectivity index (χ1n) is 7.15. The van der Waals surface area contributed by atoms with Crippen LogP contribution in [0.1, 0.15) is 17.9 Å². The summed E-state index contributed by atoms with van der Waals surface area (Å²) in [6, 6.07) is 9.38. The number of carbonyl (C=O) groups is 2. The van der Waals surface area contributed by atoms with Gasteiger partial charge in [0.05, 0.1) is 5.92 Å². The summed E-state index contributed by atoms with van der Waals surface area (Å²) < 4.78 is 5.03. The third-order valence-electron chi connectivity index (χ3n) is 3.85. The van der Waals surface area contributed by atoms with Crippen LogP contribution < -0.4 is 10.2 Å². The van der Waals surface area contributed by atoms with Crippen molar-refractivity contribution in [3.8, 4) is 0 Å². The molecule has 1 atom stereocenters. The Hall–Kier alpha value is -2.63. The molecule has 114 valence electrons. The second-order valence-corrected chi connectivity index (χ2v) is 5.43. The lowest BCUT2D eigenvalue weighted by Gasteiger charge is -2.16. The number of anilines is 2. The maximum Gasteiger partial charge on any atom is 0.229 e. The Morgan fingerprint density at radius 1 is 1.32 bits per heavy atom. The summed E-state index contributed by atoms with van der Waals surface area (Å²) in [4.78, 5) is 26.2. The van der Waals surface area contributed by atoms with Gasteiger partial charge in [0.15, 0.2) is 5.76 Å². The molecular weight excluding hydrogens is 282 g/mol. The van der Waals surface area contributed by atoms with Crippen molar-refractivity contribution < 1.29 is 14.1 Å². The van der Waals surface area contributed by atoms with Crippen molar-refractivity contribution in [3.63, 3.8) is 0 Å². The van der Waals surface area contributed by atoms with E-state index in [9.17, 15) is 9.59 Å². The summed E-state index contributed by atoms with van der Waals surface area (Å²) in [6.07, 6.45) is 0.212. The summed E-state index contributed by atoms with van der Waals surface area (Å²) in [5.74, 6) is -0.0252. The van der Waals surface area contributed by atoms with Crippen LogP contribution in [0.15, 0.2) is 34.9 Å². The predicted molar refractivity (Wildman–Crippen MR) is 81.5 cm³/mol. The average Bonchev–Trinajstić information content (AvgIpc) is 3.05. The van der Waals surface area contributed by atoms with Crippen LogP contribution in [0.3, 0.4) is 0 Å². The van der Waals surface area contributed by atoms with Crippen LogP contribution in [0.5, 0.6) is 0 Å². The van der Waals surface area contributed by atoms with E-state index >= 15 is 0 Å². The molecule has 1 saturated heterocycles. The topological polar surface area (TPSA) is 75.4 Å². The summed E-state index contributed by atoms with van der Waals surface area (Å²) in [5.41, 5.74) is 2.05. The SMILES string of the molecule is Cc1noc(C)c1NC(=O)C1CC(=O)N(c2ccccc2)C1. The van der Waals surface area contributed by atoms with E-state index < -0.39 is 0 Å². The molecule has 2 amide bonds.